The number of phenolic OH excluding ortho intramolecular Hbond substituents is 1. The van der Waals surface area contributed by atoms with Gasteiger partial charge in [-0.25, -0.2) is 10.4 Å². The standard InChI is InChI=1S/C26H24N4O4S/c1-3-34-22-10-6-7-18(24(22)32)15-27-29-23(31)16-35-26-28-21-9-5-4-8-20(21)25(33)30(26)19-13-11-17(2)12-14-19/h4-15,32H,3,16H2,1-2H3,(H,29,31). The number of aromatic hydroxyl groups is 1. The van der Waals surface area contributed by atoms with Gasteiger partial charge >= 0.3 is 0 Å². The molecule has 0 saturated carbocycles. The number of rotatable bonds is 8. The van der Waals surface area contributed by atoms with Crippen molar-refractivity contribution in [3.05, 3.63) is 88.2 Å². The molecule has 0 unspecified atom stereocenters. The van der Waals surface area contributed by atoms with Crippen molar-refractivity contribution < 1.29 is 14.6 Å². The maximum atomic E-state index is 13.3. The number of ether oxygens (including phenoxy) is 1. The predicted octanol–water partition coefficient (Wildman–Crippen LogP) is 4.04. The Bertz CT molecular complexity index is 1450. The van der Waals surface area contributed by atoms with E-state index >= 15 is 0 Å². The van der Waals surface area contributed by atoms with Crippen molar-refractivity contribution in [1.29, 1.82) is 0 Å². The number of phenols is 1. The van der Waals surface area contributed by atoms with Crippen LogP contribution < -0.4 is 15.7 Å². The van der Waals surface area contributed by atoms with Gasteiger partial charge < -0.3 is 9.84 Å². The lowest BCUT2D eigenvalue weighted by Crippen LogP contribution is -2.24. The maximum absolute atomic E-state index is 13.3. The van der Waals surface area contributed by atoms with Crippen LogP contribution in [0.25, 0.3) is 16.6 Å². The second-order valence-electron chi connectivity index (χ2n) is 7.60. The minimum absolute atomic E-state index is 0.0149. The molecule has 1 amide bonds. The minimum atomic E-state index is -0.385. The second kappa shape index (κ2) is 10.9. The zero-order valence-corrected chi connectivity index (χ0v) is 20.1. The van der Waals surface area contributed by atoms with E-state index in [9.17, 15) is 14.7 Å². The molecule has 0 spiro atoms. The van der Waals surface area contributed by atoms with E-state index in [1.807, 2.05) is 44.2 Å². The second-order valence-corrected chi connectivity index (χ2v) is 8.54. The van der Waals surface area contributed by atoms with Gasteiger partial charge in [0.15, 0.2) is 16.7 Å². The average molecular weight is 489 g/mol. The molecule has 0 bridgehead atoms. The first-order valence-electron chi connectivity index (χ1n) is 11.0. The summed E-state index contributed by atoms with van der Waals surface area (Å²) in [7, 11) is 0. The third-order valence-electron chi connectivity index (χ3n) is 5.09. The number of carbonyl (C=O) groups excluding carboxylic acids is 1. The summed E-state index contributed by atoms with van der Waals surface area (Å²) in [6.07, 6.45) is 1.34. The average Bonchev–Trinajstić information content (AvgIpc) is 2.86. The summed E-state index contributed by atoms with van der Waals surface area (Å²) in [6.45, 7) is 4.21. The summed E-state index contributed by atoms with van der Waals surface area (Å²) in [4.78, 5) is 30.4. The van der Waals surface area contributed by atoms with Crippen LogP contribution in [0.15, 0.2) is 81.8 Å². The molecule has 0 aliphatic rings. The largest absolute Gasteiger partial charge is 0.504 e. The first-order valence-corrected chi connectivity index (χ1v) is 11.9. The lowest BCUT2D eigenvalue weighted by molar-refractivity contribution is -0.118. The summed E-state index contributed by atoms with van der Waals surface area (Å²) in [6, 6.07) is 19.7. The molecule has 0 aliphatic heterocycles. The molecule has 4 aromatic rings. The Hall–Kier alpha value is -4.11. The summed E-state index contributed by atoms with van der Waals surface area (Å²) in [5, 5.41) is 15.1. The molecular weight excluding hydrogens is 464 g/mol. The highest BCUT2D eigenvalue weighted by atomic mass is 32.2. The maximum Gasteiger partial charge on any atom is 0.266 e. The molecule has 8 nitrogen and oxygen atoms in total. The van der Waals surface area contributed by atoms with Gasteiger partial charge in [-0.2, -0.15) is 5.10 Å². The van der Waals surface area contributed by atoms with Crippen LogP contribution in [0.3, 0.4) is 0 Å². The first kappa shape index (κ1) is 24.0. The Labute approximate surface area is 206 Å². The van der Waals surface area contributed by atoms with Crippen LogP contribution in [0, 0.1) is 6.92 Å². The number of benzene rings is 3. The number of hydrazone groups is 1. The van der Waals surface area contributed by atoms with Crippen LogP contribution in [0.2, 0.25) is 0 Å². The number of thioether (sulfide) groups is 1. The Kier molecular flexibility index (Phi) is 7.47. The summed E-state index contributed by atoms with van der Waals surface area (Å²) in [5.41, 5.74) is 4.95. The van der Waals surface area contributed by atoms with Crippen molar-refractivity contribution in [2.24, 2.45) is 5.10 Å². The highest BCUT2D eigenvalue weighted by Gasteiger charge is 2.15. The fourth-order valence-electron chi connectivity index (χ4n) is 3.38. The monoisotopic (exact) mass is 488 g/mol. The molecular formula is C26H24N4O4S. The number of carbonyl (C=O) groups is 1. The van der Waals surface area contributed by atoms with Gasteiger partial charge in [0.2, 0.25) is 0 Å². The summed E-state index contributed by atoms with van der Waals surface area (Å²) in [5.74, 6) is -0.109. The van der Waals surface area contributed by atoms with Crippen LogP contribution >= 0.6 is 11.8 Å². The highest BCUT2D eigenvalue weighted by molar-refractivity contribution is 7.99. The highest BCUT2D eigenvalue weighted by Crippen LogP contribution is 2.28. The Balaban J connectivity index is 1.53. The summed E-state index contributed by atoms with van der Waals surface area (Å²) < 4.78 is 6.86. The van der Waals surface area contributed by atoms with Crippen molar-refractivity contribution in [3.63, 3.8) is 0 Å². The molecule has 4 rings (SSSR count). The van der Waals surface area contributed by atoms with Crippen molar-refractivity contribution in [2.45, 2.75) is 19.0 Å². The van der Waals surface area contributed by atoms with E-state index in [0.717, 1.165) is 17.3 Å². The van der Waals surface area contributed by atoms with E-state index in [1.165, 1.54) is 10.8 Å². The number of hydrogen-bond donors (Lipinski definition) is 2. The van der Waals surface area contributed by atoms with Gasteiger partial charge in [0, 0.05) is 5.56 Å². The molecule has 0 saturated heterocycles. The number of hydrogen-bond acceptors (Lipinski definition) is 7. The van der Waals surface area contributed by atoms with Crippen molar-refractivity contribution in [2.75, 3.05) is 12.4 Å². The lowest BCUT2D eigenvalue weighted by atomic mass is 10.2. The molecule has 35 heavy (non-hydrogen) atoms. The van der Waals surface area contributed by atoms with Gasteiger partial charge in [-0.15, -0.1) is 0 Å². The first-order chi connectivity index (χ1) is 17.0. The molecule has 0 fully saturated rings. The molecule has 0 radical (unpaired) electrons. The Morgan fingerprint density at radius 1 is 1.14 bits per heavy atom. The number of para-hydroxylation sites is 2. The number of nitrogens with zero attached hydrogens (tertiary/aromatic N) is 3. The van der Waals surface area contributed by atoms with Gasteiger partial charge in [-0.1, -0.05) is 47.7 Å². The molecule has 0 atom stereocenters. The third kappa shape index (κ3) is 5.52. The smallest absolute Gasteiger partial charge is 0.266 e. The van der Waals surface area contributed by atoms with E-state index in [1.54, 1.807) is 36.4 Å². The Morgan fingerprint density at radius 2 is 1.91 bits per heavy atom. The van der Waals surface area contributed by atoms with Gasteiger partial charge in [-0.3, -0.25) is 14.2 Å². The molecule has 178 valence electrons. The van der Waals surface area contributed by atoms with Gasteiger partial charge in [0.1, 0.15) is 0 Å². The van der Waals surface area contributed by atoms with Crippen molar-refractivity contribution in [3.8, 4) is 17.2 Å². The van der Waals surface area contributed by atoms with Crippen LogP contribution in [-0.2, 0) is 4.79 Å². The SMILES string of the molecule is CCOc1cccc(C=NNC(=O)CSc2nc3ccccc3c(=O)n2-c2ccc(C)cc2)c1O. The fourth-order valence-corrected chi connectivity index (χ4v) is 4.19. The number of nitrogens with one attached hydrogen (secondary N) is 1. The van der Waals surface area contributed by atoms with Crippen LogP contribution in [-0.4, -0.2) is 39.1 Å². The molecule has 3 aromatic carbocycles. The lowest BCUT2D eigenvalue weighted by Gasteiger charge is -2.13. The zero-order chi connectivity index (χ0) is 24.8. The zero-order valence-electron chi connectivity index (χ0n) is 19.3. The molecule has 1 aromatic heterocycles. The summed E-state index contributed by atoms with van der Waals surface area (Å²) >= 11 is 1.14. The van der Waals surface area contributed by atoms with Gasteiger partial charge in [-0.05, 0) is 50.2 Å². The molecule has 1 heterocycles. The van der Waals surface area contributed by atoms with Crippen molar-refractivity contribution >= 4 is 34.8 Å². The van der Waals surface area contributed by atoms with Gasteiger partial charge in [0.25, 0.3) is 11.5 Å². The third-order valence-corrected chi connectivity index (χ3v) is 6.03. The quantitative estimate of drug-likeness (QED) is 0.168. The number of aryl methyl sites for hydroxylation is 1. The molecule has 9 heteroatoms. The van der Waals surface area contributed by atoms with E-state index in [2.05, 4.69) is 15.5 Å². The number of fused-ring (bicyclic) bond motifs is 1. The number of aromatic nitrogens is 2. The van der Waals surface area contributed by atoms with Crippen LogP contribution in [0.1, 0.15) is 18.1 Å². The number of amides is 1. The molecule has 2 N–H and O–H groups in total. The van der Waals surface area contributed by atoms with Crippen molar-refractivity contribution in [1.82, 2.24) is 15.0 Å². The van der Waals surface area contributed by atoms with Crippen LogP contribution in [0.5, 0.6) is 11.5 Å². The normalized spacial score (nSPS) is 11.1. The minimum Gasteiger partial charge on any atom is -0.504 e. The Morgan fingerprint density at radius 3 is 2.69 bits per heavy atom. The topological polar surface area (TPSA) is 106 Å². The van der Waals surface area contributed by atoms with Gasteiger partial charge in [0.05, 0.1) is 35.2 Å². The van der Waals surface area contributed by atoms with E-state index in [4.69, 9.17) is 4.74 Å². The predicted molar refractivity (Wildman–Crippen MR) is 138 cm³/mol. The van der Waals surface area contributed by atoms with E-state index in [-0.39, 0.29) is 23.0 Å². The van der Waals surface area contributed by atoms with Crippen LogP contribution in [0.4, 0.5) is 0 Å². The fraction of sp³-hybridized carbons (Fsp3) is 0.154. The molecule has 0 aliphatic carbocycles. The van der Waals surface area contributed by atoms with E-state index in [0.29, 0.717) is 39.7 Å². The van der Waals surface area contributed by atoms with E-state index < -0.39 is 0 Å².